The molecule has 14 heteroatoms. The molecule has 0 unspecified atom stereocenters. The second kappa shape index (κ2) is 13.8. The Morgan fingerprint density at radius 3 is 2.52 bits per heavy atom. The van der Waals surface area contributed by atoms with E-state index in [1.165, 1.54) is 17.5 Å². The second-order valence-electron chi connectivity index (χ2n) is 9.20. The summed E-state index contributed by atoms with van der Waals surface area (Å²) in [4.78, 5) is 31.2. The van der Waals surface area contributed by atoms with Crippen LogP contribution in [-0.2, 0) is 13.6 Å². The molecule has 0 radical (unpaired) electrons. The van der Waals surface area contributed by atoms with Crippen molar-refractivity contribution >= 4 is 58.9 Å². The number of rotatable bonds is 12. The van der Waals surface area contributed by atoms with Gasteiger partial charge in [0.25, 0.3) is 5.91 Å². The van der Waals surface area contributed by atoms with E-state index in [2.05, 4.69) is 35.4 Å². The molecular weight excluding hydrogens is 573 g/mol. The van der Waals surface area contributed by atoms with E-state index in [0.29, 0.717) is 58.3 Å². The molecule has 0 atom stereocenters. The Balaban J connectivity index is 1.35. The van der Waals surface area contributed by atoms with Gasteiger partial charge >= 0.3 is 7.60 Å². The van der Waals surface area contributed by atoms with Gasteiger partial charge < -0.3 is 24.6 Å². The Bertz CT molecular complexity index is 1340. The zero-order chi connectivity index (χ0) is 28.7. The third-order valence-electron chi connectivity index (χ3n) is 6.29. The first-order valence-corrected chi connectivity index (χ1v) is 16.1. The fourth-order valence-electron chi connectivity index (χ4n) is 4.31. The van der Waals surface area contributed by atoms with Crippen molar-refractivity contribution in [1.29, 1.82) is 0 Å². The molecule has 0 aliphatic carbocycles. The fraction of sp³-hybridized carbons (Fsp3) is 0.462. The van der Waals surface area contributed by atoms with E-state index in [9.17, 15) is 9.36 Å². The van der Waals surface area contributed by atoms with Gasteiger partial charge in [0, 0.05) is 38.8 Å². The normalized spacial score (nSPS) is 14.4. The zero-order valence-electron chi connectivity index (χ0n) is 23.1. The molecule has 1 aromatic carbocycles. The van der Waals surface area contributed by atoms with Gasteiger partial charge in [-0.3, -0.25) is 14.3 Å². The average Bonchev–Trinajstić information content (AvgIpc) is 3.38. The molecule has 1 fully saturated rings. The number of carbonyl (C=O) groups is 1. The van der Waals surface area contributed by atoms with E-state index in [4.69, 9.17) is 20.6 Å². The first kappa shape index (κ1) is 30.4. The number of aromatic nitrogens is 3. The van der Waals surface area contributed by atoms with E-state index in [1.54, 1.807) is 6.07 Å². The zero-order valence-corrected chi connectivity index (χ0v) is 25.6. The lowest BCUT2D eigenvalue weighted by molar-refractivity contribution is 0.103. The van der Waals surface area contributed by atoms with Crippen molar-refractivity contribution in [2.75, 3.05) is 67.6 Å². The molecule has 0 saturated carbocycles. The Hall–Kier alpha value is -2.60. The minimum Gasteiger partial charge on any atom is -0.354 e. The molecule has 1 aliphatic rings. The number of aryl methyl sites for hydroxylation is 2. The molecule has 3 aromatic rings. The lowest BCUT2D eigenvalue weighted by Crippen LogP contribution is -2.47. The van der Waals surface area contributed by atoms with Gasteiger partial charge in [0.1, 0.15) is 22.3 Å². The Morgan fingerprint density at radius 2 is 1.85 bits per heavy atom. The standard InChI is InChI=1S/C26H35ClN7O4PS/c1-5-37-39(36,38-6-2)15-14-33-10-12-34(13-11-33)23-16-22(29-19(4)30-23)31-26-28-17-21(40-26)25(35)32-24-18(3)8-7-9-20(24)27/h7-9,16-17H,5-6,10-15H2,1-4H3,(H,32,35)(H,28,29,30,31). The van der Waals surface area contributed by atoms with Crippen LogP contribution in [0.2, 0.25) is 5.02 Å². The summed E-state index contributed by atoms with van der Waals surface area (Å²) in [5, 5.41) is 7.11. The van der Waals surface area contributed by atoms with E-state index >= 15 is 0 Å². The topological polar surface area (TPSA) is 122 Å². The van der Waals surface area contributed by atoms with Gasteiger partial charge in [-0.1, -0.05) is 35.1 Å². The molecular formula is C26H35ClN7O4PS. The monoisotopic (exact) mass is 607 g/mol. The molecule has 4 rings (SSSR count). The molecule has 11 nitrogen and oxygen atoms in total. The van der Waals surface area contributed by atoms with Crippen molar-refractivity contribution in [3.8, 4) is 0 Å². The van der Waals surface area contributed by atoms with E-state index in [-0.39, 0.29) is 5.91 Å². The third kappa shape index (κ3) is 7.99. The van der Waals surface area contributed by atoms with Crippen molar-refractivity contribution in [3.63, 3.8) is 0 Å². The van der Waals surface area contributed by atoms with Gasteiger partial charge in [0.05, 0.1) is 36.3 Å². The largest absolute Gasteiger partial charge is 0.354 e. The number of thiazole rings is 1. The number of nitrogens with zero attached hydrogens (tertiary/aromatic N) is 5. The van der Waals surface area contributed by atoms with Gasteiger partial charge in [-0.2, -0.15) is 0 Å². The maximum Gasteiger partial charge on any atom is 0.331 e. The van der Waals surface area contributed by atoms with Gasteiger partial charge in [-0.25, -0.2) is 15.0 Å². The minimum atomic E-state index is -3.05. The number of nitrogens with one attached hydrogen (secondary N) is 2. The highest BCUT2D eigenvalue weighted by atomic mass is 35.5. The molecule has 216 valence electrons. The molecule has 3 heterocycles. The van der Waals surface area contributed by atoms with Crippen molar-refractivity contribution in [1.82, 2.24) is 19.9 Å². The highest BCUT2D eigenvalue weighted by Crippen LogP contribution is 2.47. The molecule has 0 spiro atoms. The first-order valence-electron chi connectivity index (χ1n) is 13.2. The van der Waals surface area contributed by atoms with Gasteiger partial charge in [-0.05, 0) is 39.3 Å². The van der Waals surface area contributed by atoms with Crippen molar-refractivity contribution in [2.24, 2.45) is 0 Å². The van der Waals surface area contributed by atoms with E-state index in [0.717, 1.165) is 37.6 Å². The number of para-hydroxylation sites is 1. The molecule has 40 heavy (non-hydrogen) atoms. The van der Waals surface area contributed by atoms with Crippen molar-refractivity contribution in [3.05, 3.63) is 51.7 Å². The Kier molecular flexibility index (Phi) is 10.5. The summed E-state index contributed by atoms with van der Waals surface area (Å²) in [6.45, 7) is 11.9. The third-order valence-corrected chi connectivity index (χ3v) is 9.56. The quantitative estimate of drug-likeness (QED) is 0.252. The summed E-state index contributed by atoms with van der Waals surface area (Å²) >= 11 is 7.48. The number of hydrogen-bond donors (Lipinski definition) is 2. The lowest BCUT2D eigenvalue weighted by Gasteiger charge is -2.35. The summed E-state index contributed by atoms with van der Waals surface area (Å²) in [5.74, 6) is 1.76. The number of carbonyl (C=O) groups excluding carboxylic acids is 1. The molecule has 2 aromatic heterocycles. The van der Waals surface area contributed by atoms with Crippen LogP contribution in [0.15, 0.2) is 30.5 Å². The van der Waals surface area contributed by atoms with Crippen molar-refractivity contribution in [2.45, 2.75) is 27.7 Å². The number of halogens is 1. The van der Waals surface area contributed by atoms with Crippen LogP contribution in [0.25, 0.3) is 0 Å². The number of hydrogen-bond acceptors (Lipinski definition) is 11. The summed E-state index contributed by atoms with van der Waals surface area (Å²) in [5.41, 5.74) is 1.47. The van der Waals surface area contributed by atoms with Crippen LogP contribution < -0.4 is 15.5 Å². The molecule has 1 aliphatic heterocycles. The molecule has 1 saturated heterocycles. The second-order valence-corrected chi connectivity index (χ2v) is 12.8. The number of anilines is 4. The molecule has 2 N–H and O–H groups in total. The summed E-state index contributed by atoms with van der Waals surface area (Å²) < 4.78 is 23.6. The highest BCUT2D eigenvalue weighted by molar-refractivity contribution is 7.53. The van der Waals surface area contributed by atoms with Crippen LogP contribution in [0, 0.1) is 13.8 Å². The fourth-order valence-corrected chi connectivity index (χ4v) is 6.95. The smallest absolute Gasteiger partial charge is 0.331 e. The SMILES string of the molecule is CCOP(=O)(CCN1CCN(c2cc(Nc3ncc(C(=O)Nc4c(C)cccc4Cl)s3)nc(C)n2)CC1)OCC. The number of amides is 1. The highest BCUT2D eigenvalue weighted by Gasteiger charge is 2.26. The Labute approximate surface area is 243 Å². The van der Waals surface area contributed by atoms with Crippen LogP contribution in [0.3, 0.4) is 0 Å². The van der Waals surface area contributed by atoms with Crippen LogP contribution in [0.4, 0.5) is 22.5 Å². The summed E-state index contributed by atoms with van der Waals surface area (Å²) in [6.07, 6.45) is 1.90. The molecule has 1 amide bonds. The number of piperazine rings is 1. The van der Waals surface area contributed by atoms with Crippen LogP contribution in [0.5, 0.6) is 0 Å². The van der Waals surface area contributed by atoms with E-state index < -0.39 is 7.60 Å². The van der Waals surface area contributed by atoms with Crippen molar-refractivity contribution < 1.29 is 18.4 Å². The molecule has 0 bridgehead atoms. The van der Waals surface area contributed by atoms with Gasteiger partial charge in [-0.15, -0.1) is 0 Å². The van der Waals surface area contributed by atoms with Crippen LogP contribution in [0.1, 0.15) is 34.9 Å². The first-order chi connectivity index (χ1) is 19.2. The van der Waals surface area contributed by atoms with Crippen LogP contribution in [-0.4, -0.2) is 77.9 Å². The van der Waals surface area contributed by atoms with E-state index in [1.807, 2.05) is 45.9 Å². The van der Waals surface area contributed by atoms with Gasteiger partial charge in [0.15, 0.2) is 5.13 Å². The summed E-state index contributed by atoms with van der Waals surface area (Å²) in [6, 6.07) is 7.35. The maximum atomic E-state index is 12.8. The van der Waals surface area contributed by atoms with Crippen LogP contribution >= 0.6 is 30.5 Å². The number of benzene rings is 1. The Morgan fingerprint density at radius 1 is 1.12 bits per heavy atom. The predicted molar refractivity (Wildman–Crippen MR) is 161 cm³/mol. The maximum absolute atomic E-state index is 12.8. The van der Waals surface area contributed by atoms with Gasteiger partial charge in [0.2, 0.25) is 0 Å². The predicted octanol–water partition coefficient (Wildman–Crippen LogP) is 5.59. The summed E-state index contributed by atoms with van der Waals surface area (Å²) in [7, 11) is -3.05. The average molecular weight is 608 g/mol. The lowest BCUT2D eigenvalue weighted by atomic mass is 10.2. The minimum absolute atomic E-state index is 0.280.